The molecule has 0 bridgehead atoms. The minimum Gasteiger partial charge on any atom is -0.452 e. The van der Waals surface area contributed by atoms with Crippen molar-refractivity contribution in [3.05, 3.63) is 0 Å². The zero-order chi connectivity index (χ0) is 19.6. The maximum atomic E-state index is 13.5. The van der Waals surface area contributed by atoms with Gasteiger partial charge in [0.2, 0.25) is 6.10 Å². The zero-order valence-corrected chi connectivity index (χ0v) is 16.2. The lowest BCUT2D eigenvalue weighted by atomic mass is 9.61. The van der Waals surface area contributed by atoms with E-state index in [1.165, 1.54) is 0 Å². The molecule has 2 nitrogen and oxygen atoms in total. The number of carbonyl (C=O) groups is 1. The van der Waals surface area contributed by atoms with Gasteiger partial charge in [-0.15, -0.1) is 0 Å². The first-order valence-electron chi connectivity index (χ1n) is 8.86. The van der Waals surface area contributed by atoms with Crippen LogP contribution in [0.25, 0.3) is 0 Å². The molecule has 2 aliphatic rings. The Morgan fingerprint density at radius 3 is 1.84 bits per heavy atom. The fourth-order valence-corrected chi connectivity index (χ4v) is 3.96. The van der Waals surface area contributed by atoms with Gasteiger partial charge in [-0.05, 0) is 37.0 Å². The van der Waals surface area contributed by atoms with Crippen LogP contribution in [-0.4, -0.2) is 24.4 Å². The van der Waals surface area contributed by atoms with Crippen molar-refractivity contribution in [3.8, 4) is 0 Å². The SMILES string of the molecule is CC(C)(C)CC(C)(C(=O)OC(C1CC12CC2F)C(F)(F)F)C(C)(C)C. The van der Waals surface area contributed by atoms with E-state index in [0.717, 1.165) is 0 Å². The third-order valence-electron chi connectivity index (χ3n) is 6.11. The van der Waals surface area contributed by atoms with E-state index in [9.17, 15) is 22.4 Å². The largest absolute Gasteiger partial charge is 0.452 e. The van der Waals surface area contributed by atoms with Crippen molar-refractivity contribution in [1.29, 1.82) is 0 Å². The molecule has 6 heteroatoms. The second-order valence-corrected chi connectivity index (χ2v) is 10.4. The summed E-state index contributed by atoms with van der Waals surface area (Å²) in [5.41, 5.74) is -2.79. The molecule has 5 unspecified atom stereocenters. The smallest absolute Gasteiger partial charge is 0.425 e. The molecule has 0 heterocycles. The highest BCUT2D eigenvalue weighted by Gasteiger charge is 2.77. The van der Waals surface area contributed by atoms with E-state index >= 15 is 0 Å². The summed E-state index contributed by atoms with van der Waals surface area (Å²) in [6.07, 6.45) is -7.37. The summed E-state index contributed by atoms with van der Waals surface area (Å²) in [4.78, 5) is 12.9. The lowest BCUT2D eigenvalue weighted by molar-refractivity contribution is -0.236. The minimum absolute atomic E-state index is 0.150. The van der Waals surface area contributed by atoms with Crippen molar-refractivity contribution >= 4 is 5.97 Å². The summed E-state index contributed by atoms with van der Waals surface area (Å²) in [5, 5.41) is 0. The van der Waals surface area contributed by atoms with E-state index < -0.39 is 46.6 Å². The maximum absolute atomic E-state index is 13.5. The predicted molar refractivity (Wildman–Crippen MR) is 87.6 cm³/mol. The van der Waals surface area contributed by atoms with Gasteiger partial charge in [0.25, 0.3) is 0 Å². The Morgan fingerprint density at radius 2 is 1.56 bits per heavy atom. The van der Waals surface area contributed by atoms with Crippen LogP contribution in [0.1, 0.15) is 67.7 Å². The van der Waals surface area contributed by atoms with Crippen LogP contribution in [0.5, 0.6) is 0 Å². The molecule has 0 aromatic rings. The van der Waals surface area contributed by atoms with Gasteiger partial charge in [-0.25, -0.2) is 4.39 Å². The number of alkyl halides is 4. The summed E-state index contributed by atoms with van der Waals surface area (Å²) in [7, 11) is 0. The Labute approximate surface area is 147 Å². The number of carbonyl (C=O) groups excluding carboxylic acids is 1. The zero-order valence-electron chi connectivity index (χ0n) is 16.2. The molecule has 1 spiro atoms. The Morgan fingerprint density at radius 1 is 1.08 bits per heavy atom. The number of rotatable bonds is 4. The molecule has 0 aromatic carbocycles. The first-order chi connectivity index (χ1) is 10.9. The monoisotopic (exact) mass is 366 g/mol. The van der Waals surface area contributed by atoms with E-state index in [1.807, 2.05) is 41.5 Å². The predicted octanol–water partition coefficient (Wildman–Crippen LogP) is 5.70. The Balaban J connectivity index is 2.23. The van der Waals surface area contributed by atoms with Crippen molar-refractivity contribution in [1.82, 2.24) is 0 Å². The highest BCUT2D eigenvalue weighted by atomic mass is 19.4. The van der Waals surface area contributed by atoms with Crippen LogP contribution >= 0.6 is 0 Å². The molecule has 0 radical (unpaired) electrons. The van der Waals surface area contributed by atoms with Gasteiger partial charge in [0.05, 0.1) is 5.41 Å². The standard InChI is InChI=1S/C19H30F4O2/c1-15(2,3)10-17(7,16(4,5)6)14(24)25-13(19(21,22)23)11-8-18(11)9-12(18)20/h11-13H,8-10H2,1-7H3. The fraction of sp³-hybridized carbons (Fsp3) is 0.947. The fourth-order valence-electron chi connectivity index (χ4n) is 3.96. The van der Waals surface area contributed by atoms with Gasteiger partial charge in [0, 0.05) is 11.3 Å². The van der Waals surface area contributed by atoms with Gasteiger partial charge >= 0.3 is 12.1 Å². The number of hydrogen-bond acceptors (Lipinski definition) is 2. The highest BCUT2D eigenvalue weighted by molar-refractivity contribution is 5.77. The lowest BCUT2D eigenvalue weighted by Gasteiger charge is -2.44. The second-order valence-electron chi connectivity index (χ2n) is 10.4. The van der Waals surface area contributed by atoms with Crippen molar-refractivity contribution in [2.75, 3.05) is 0 Å². The molecule has 5 atom stereocenters. The number of hydrogen-bond donors (Lipinski definition) is 0. The summed E-state index contributed by atoms with van der Waals surface area (Å²) >= 11 is 0. The second kappa shape index (κ2) is 5.59. The van der Waals surface area contributed by atoms with Crippen molar-refractivity contribution in [3.63, 3.8) is 0 Å². The van der Waals surface area contributed by atoms with Crippen LogP contribution in [0.15, 0.2) is 0 Å². The van der Waals surface area contributed by atoms with Crippen molar-refractivity contribution in [2.24, 2.45) is 27.6 Å². The van der Waals surface area contributed by atoms with E-state index in [1.54, 1.807) is 6.92 Å². The first kappa shape index (κ1) is 20.5. The highest BCUT2D eigenvalue weighted by Crippen LogP contribution is 2.74. The molecule has 0 aliphatic heterocycles. The molecule has 2 rings (SSSR count). The van der Waals surface area contributed by atoms with E-state index in [-0.39, 0.29) is 18.3 Å². The van der Waals surface area contributed by atoms with Crippen LogP contribution in [0.2, 0.25) is 0 Å². The molecular formula is C19H30F4O2. The first-order valence-corrected chi connectivity index (χ1v) is 8.86. The van der Waals surface area contributed by atoms with Gasteiger partial charge in [0.15, 0.2) is 0 Å². The maximum Gasteiger partial charge on any atom is 0.425 e. The lowest BCUT2D eigenvalue weighted by Crippen LogP contribution is -2.48. The molecule has 0 saturated heterocycles. The van der Waals surface area contributed by atoms with Gasteiger partial charge in [-0.1, -0.05) is 41.5 Å². The molecule has 0 amide bonds. The van der Waals surface area contributed by atoms with E-state index in [2.05, 4.69) is 0 Å². The Bertz CT molecular complexity index is 543. The average Bonchev–Trinajstić information content (AvgIpc) is 3.20. The van der Waals surface area contributed by atoms with E-state index in [0.29, 0.717) is 6.42 Å². The van der Waals surface area contributed by atoms with Crippen LogP contribution in [0.3, 0.4) is 0 Å². The topological polar surface area (TPSA) is 26.3 Å². The number of esters is 1. The Kier molecular flexibility index (Phi) is 4.59. The molecule has 146 valence electrons. The van der Waals surface area contributed by atoms with Crippen molar-refractivity contribution in [2.45, 2.75) is 86.2 Å². The summed E-state index contributed by atoms with van der Waals surface area (Å²) in [6.45, 7) is 13.0. The normalized spacial score (nSPS) is 32.9. The van der Waals surface area contributed by atoms with Gasteiger partial charge in [-0.3, -0.25) is 4.79 Å². The summed E-state index contributed by atoms with van der Waals surface area (Å²) in [6, 6.07) is 0. The molecular weight excluding hydrogens is 336 g/mol. The molecule has 25 heavy (non-hydrogen) atoms. The molecule has 2 aliphatic carbocycles. The average molecular weight is 366 g/mol. The van der Waals surface area contributed by atoms with E-state index in [4.69, 9.17) is 4.74 Å². The third-order valence-corrected chi connectivity index (χ3v) is 6.11. The van der Waals surface area contributed by atoms with Gasteiger partial charge in [-0.2, -0.15) is 13.2 Å². The number of ether oxygens (including phenoxy) is 1. The van der Waals surface area contributed by atoms with Crippen LogP contribution in [-0.2, 0) is 9.53 Å². The quantitative estimate of drug-likeness (QED) is 0.471. The molecule has 2 fully saturated rings. The number of halogens is 4. The summed E-state index contributed by atoms with van der Waals surface area (Å²) in [5.74, 6) is -1.78. The Hall–Kier alpha value is -0.810. The molecule has 0 aromatic heterocycles. The van der Waals surface area contributed by atoms with Crippen LogP contribution in [0, 0.1) is 27.6 Å². The van der Waals surface area contributed by atoms with Gasteiger partial charge in [0.1, 0.15) is 6.17 Å². The van der Waals surface area contributed by atoms with Crippen molar-refractivity contribution < 1.29 is 27.1 Å². The van der Waals surface area contributed by atoms with Crippen LogP contribution < -0.4 is 0 Å². The van der Waals surface area contributed by atoms with Crippen LogP contribution in [0.4, 0.5) is 17.6 Å². The summed E-state index contributed by atoms with van der Waals surface area (Å²) < 4.78 is 59.0. The minimum atomic E-state index is -4.67. The molecule has 2 saturated carbocycles. The van der Waals surface area contributed by atoms with Gasteiger partial charge < -0.3 is 4.74 Å². The third kappa shape index (κ3) is 3.82. The molecule has 0 N–H and O–H groups in total.